The van der Waals surface area contributed by atoms with E-state index in [0.717, 1.165) is 0 Å². The first-order valence-electron chi connectivity index (χ1n) is 5.01. The minimum Gasteiger partial charge on any atom is -0.386 e. The van der Waals surface area contributed by atoms with Gasteiger partial charge < -0.3 is 14.6 Å². The number of hydrogen-bond acceptors (Lipinski definition) is 5. The van der Waals surface area contributed by atoms with Crippen molar-refractivity contribution in [1.82, 2.24) is 9.44 Å². The first-order valence-corrected chi connectivity index (χ1v) is 6.49. The second-order valence-electron chi connectivity index (χ2n) is 3.74. The molecule has 1 heterocycles. The van der Waals surface area contributed by atoms with Gasteiger partial charge in [0.25, 0.3) is 10.2 Å². The van der Waals surface area contributed by atoms with Crippen LogP contribution in [0.2, 0.25) is 0 Å². The average Bonchev–Trinajstić information content (AvgIpc) is 2.64. The van der Waals surface area contributed by atoms with Gasteiger partial charge in [-0.1, -0.05) is 0 Å². The quantitative estimate of drug-likeness (QED) is 0.466. The Hall–Kier alpha value is -0.250. The molecule has 16 heavy (non-hydrogen) atoms. The Balaban J connectivity index is 2.30. The Labute approximate surface area is 95.3 Å². The summed E-state index contributed by atoms with van der Waals surface area (Å²) in [5, 5.41) is 9.82. The normalized spacial score (nSPS) is 26.1. The van der Waals surface area contributed by atoms with Gasteiger partial charge in [-0.25, -0.2) is 0 Å². The zero-order valence-electron chi connectivity index (χ0n) is 9.23. The van der Waals surface area contributed by atoms with Gasteiger partial charge in [-0.3, -0.25) is 0 Å². The summed E-state index contributed by atoms with van der Waals surface area (Å²) in [6.07, 6.45) is 0.438. The number of aliphatic hydroxyl groups is 1. The lowest BCUT2D eigenvalue weighted by atomic mass is 10.1. The van der Waals surface area contributed by atoms with Gasteiger partial charge in [0.05, 0.1) is 13.2 Å². The molecule has 1 unspecified atom stereocenters. The van der Waals surface area contributed by atoms with Gasteiger partial charge in [-0.15, -0.1) is 0 Å². The summed E-state index contributed by atoms with van der Waals surface area (Å²) >= 11 is 0. The summed E-state index contributed by atoms with van der Waals surface area (Å²) in [6.45, 7) is 1.06. The Morgan fingerprint density at radius 3 is 2.81 bits per heavy atom. The first kappa shape index (κ1) is 13.8. The van der Waals surface area contributed by atoms with Gasteiger partial charge in [0.2, 0.25) is 0 Å². The maximum Gasteiger partial charge on any atom is 0.277 e. The van der Waals surface area contributed by atoms with Crippen LogP contribution in [-0.4, -0.2) is 59.1 Å². The molecule has 1 aliphatic heterocycles. The zero-order chi connectivity index (χ0) is 12.1. The van der Waals surface area contributed by atoms with Crippen LogP contribution in [-0.2, 0) is 19.7 Å². The van der Waals surface area contributed by atoms with E-state index in [1.165, 1.54) is 7.11 Å². The van der Waals surface area contributed by atoms with Crippen LogP contribution in [0.4, 0.5) is 0 Å². The van der Waals surface area contributed by atoms with Crippen LogP contribution in [0.5, 0.6) is 0 Å². The van der Waals surface area contributed by atoms with Crippen LogP contribution in [0.25, 0.3) is 0 Å². The largest absolute Gasteiger partial charge is 0.386 e. The third-order valence-corrected chi connectivity index (χ3v) is 3.38. The average molecular weight is 254 g/mol. The van der Waals surface area contributed by atoms with E-state index in [0.29, 0.717) is 19.6 Å². The maximum absolute atomic E-state index is 11.4. The van der Waals surface area contributed by atoms with Crippen LogP contribution in [0.3, 0.4) is 0 Å². The Morgan fingerprint density at radius 1 is 1.50 bits per heavy atom. The fourth-order valence-electron chi connectivity index (χ4n) is 1.29. The highest BCUT2D eigenvalue weighted by molar-refractivity contribution is 7.87. The van der Waals surface area contributed by atoms with Crippen LogP contribution >= 0.6 is 0 Å². The van der Waals surface area contributed by atoms with Crippen LogP contribution in [0, 0.1) is 0 Å². The van der Waals surface area contributed by atoms with E-state index < -0.39 is 15.8 Å². The minimum atomic E-state index is -3.57. The molecule has 1 fully saturated rings. The SMILES string of the molecule is COCCNS(=O)(=O)NCC1(O)CCOC1. The molecule has 0 aliphatic carbocycles. The van der Waals surface area contributed by atoms with Gasteiger partial charge in [0, 0.05) is 33.2 Å². The molecule has 0 aromatic rings. The van der Waals surface area contributed by atoms with E-state index in [4.69, 9.17) is 9.47 Å². The monoisotopic (exact) mass is 254 g/mol. The molecule has 1 aliphatic rings. The summed E-state index contributed by atoms with van der Waals surface area (Å²) in [7, 11) is -2.09. The molecule has 96 valence electrons. The molecule has 1 rings (SSSR count). The summed E-state index contributed by atoms with van der Waals surface area (Å²) in [6, 6.07) is 0. The van der Waals surface area contributed by atoms with Crippen molar-refractivity contribution in [3.8, 4) is 0 Å². The maximum atomic E-state index is 11.4. The highest BCUT2D eigenvalue weighted by Gasteiger charge is 2.33. The summed E-state index contributed by atoms with van der Waals surface area (Å²) in [5.74, 6) is 0. The highest BCUT2D eigenvalue weighted by Crippen LogP contribution is 2.16. The van der Waals surface area contributed by atoms with Crippen LogP contribution in [0.15, 0.2) is 0 Å². The van der Waals surface area contributed by atoms with Crippen molar-refractivity contribution in [1.29, 1.82) is 0 Å². The molecule has 0 amide bonds. The molecule has 0 spiro atoms. The molecule has 0 saturated carbocycles. The summed E-state index contributed by atoms with van der Waals surface area (Å²) in [5.41, 5.74) is -1.09. The van der Waals surface area contributed by atoms with Crippen molar-refractivity contribution >= 4 is 10.2 Å². The molecule has 7 nitrogen and oxygen atoms in total. The van der Waals surface area contributed by atoms with Crippen LogP contribution < -0.4 is 9.44 Å². The lowest BCUT2D eigenvalue weighted by molar-refractivity contribution is 0.0314. The fraction of sp³-hybridized carbons (Fsp3) is 1.00. The van der Waals surface area contributed by atoms with E-state index in [-0.39, 0.29) is 19.7 Å². The second-order valence-corrected chi connectivity index (χ2v) is 5.32. The van der Waals surface area contributed by atoms with E-state index in [1.54, 1.807) is 0 Å². The van der Waals surface area contributed by atoms with Gasteiger partial charge >= 0.3 is 0 Å². The smallest absolute Gasteiger partial charge is 0.277 e. The number of methoxy groups -OCH3 is 1. The van der Waals surface area contributed by atoms with Crippen molar-refractivity contribution in [3.05, 3.63) is 0 Å². The minimum absolute atomic E-state index is 0.0463. The van der Waals surface area contributed by atoms with Gasteiger partial charge in [0.15, 0.2) is 0 Å². The topological polar surface area (TPSA) is 96.9 Å². The first-order chi connectivity index (χ1) is 7.47. The number of rotatable bonds is 7. The zero-order valence-corrected chi connectivity index (χ0v) is 10.0. The standard InChI is InChI=1S/C8H18N2O5S/c1-14-5-3-9-16(12,13)10-6-8(11)2-4-15-7-8/h9-11H,2-7H2,1H3. The van der Waals surface area contributed by atoms with Crippen LogP contribution in [0.1, 0.15) is 6.42 Å². The van der Waals surface area contributed by atoms with Crippen molar-refractivity contribution in [2.75, 3.05) is 40.0 Å². The van der Waals surface area contributed by atoms with E-state index in [1.807, 2.05) is 0 Å². The molecular weight excluding hydrogens is 236 g/mol. The van der Waals surface area contributed by atoms with Gasteiger partial charge in [-0.2, -0.15) is 17.9 Å². The third-order valence-electron chi connectivity index (χ3n) is 2.27. The molecule has 1 atom stereocenters. The molecule has 1 saturated heterocycles. The number of nitrogens with one attached hydrogen (secondary N) is 2. The van der Waals surface area contributed by atoms with Crippen molar-refractivity contribution in [3.63, 3.8) is 0 Å². The molecule has 8 heteroatoms. The van der Waals surface area contributed by atoms with Gasteiger partial charge in [0.1, 0.15) is 5.60 Å². The summed E-state index contributed by atoms with van der Waals surface area (Å²) in [4.78, 5) is 0. The van der Waals surface area contributed by atoms with Gasteiger partial charge in [-0.05, 0) is 0 Å². The molecule has 0 aromatic carbocycles. The molecule has 3 N–H and O–H groups in total. The molecule has 0 radical (unpaired) electrons. The third kappa shape index (κ3) is 4.73. The molecule has 0 aromatic heterocycles. The van der Waals surface area contributed by atoms with E-state index in [2.05, 4.69) is 9.44 Å². The highest BCUT2D eigenvalue weighted by atomic mass is 32.2. The lowest BCUT2D eigenvalue weighted by Gasteiger charge is -2.20. The van der Waals surface area contributed by atoms with Crippen molar-refractivity contribution < 1.29 is 23.0 Å². The Morgan fingerprint density at radius 2 is 2.25 bits per heavy atom. The Bertz CT molecular complexity index is 300. The lowest BCUT2D eigenvalue weighted by Crippen LogP contribution is -2.47. The van der Waals surface area contributed by atoms with Crippen molar-refractivity contribution in [2.24, 2.45) is 0 Å². The predicted octanol–water partition coefficient (Wildman–Crippen LogP) is -1.79. The van der Waals surface area contributed by atoms with Crippen molar-refractivity contribution in [2.45, 2.75) is 12.0 Å². The number of ether oxygens (including phenoxy) is 2. The predicted molar refractivity (Wildman–Crippen MR) is 57.2 cm³/mol. The molecular formula is C8H18N2O5S. The molecule has 0 bridgehead atoms. The number of hydrogen-bond donors (Lipinski definition) is 3. The van der Waals surface area contributed by atoms with E-state index >= 15 is 0 Å². The Kier molecular flexibility index (Phi) is 5.09. The van der Waals surface area contributed by atoms with E-state index in [9.17, 15) is 13.5 Å². The fourth-order valence-corrected chi connectivity index (χ4v) is 2.21. The summed E-state index contributed by atoms with van der Waals surface area (Å²) < 4.78 is 37.0. The second kappa shape index (κ2) is 5.89.